The quantitative estimate of drug-likeness (QED) is 0.383. The number of halogens is 1. The Kier molecular flexibility index (Phi) is 4.53. The first kappa shape index (κ1) is 16.3. The lowest BCUT2D eigenvalue weighted by atomic mass is 10.1. The number of benzene rings is 2. The molecule has 1 amide bonds. The Morgan fingerprint density at radius 3 is 2.52 bits per heavy atom. The molecule has 0 bridgehead atoms. The van der Waals surface area contributed by atoms with Gasteiger partial charge in [-0.05, 0) is 24.3 Å². The second-order valence-electron chi connectivity index (χ2n) is 5.06. The smallest absolute Gasteiger partial charge is 0.285 e. The third kappa shape index (κ3) is 3.54. The minimum absolute atomic E-state index is 0.0236. The average Bonchev–Trinajstić information content (AvgIpc) is 2.63. The van der Waals surface area contributed by atoms with Crippen LogP contribution in [0.4, 0.5) is 27.5 Å². The van der Waals surface area contributed by atoms with Crippen LogP contribution in [0.15, 0.2) is 60.8 Å². The van der Waals surface area contributed by atoms with Gasteiger partial charge in [-0.15, -0.1) is 0 Å². The Morgan fingerprint density at radius 1 is 1.12 bits per heavy atom. The number of amides is 1. The predicted molar refractivity (Wildman–Crippen MR) is 91.2 cm³/mol. The van der Waals surface area contributed by atoms with Crippen LogP contribution in [-0.2, 0) is 0 Å². The molecule has 0 saturated heterocycles. The van der Waals surface area contributed by atoms with Gasteiger partial charge in [-0.1, -0.05) is 30.3 Å². The SMILES string of the molecule is Nc1ccccc1C(=O)N(O)c1nc(Nc2ccccc2)ncc1F. The highest BCUT2D eigenvalue weighted by Crippen LogP contribution is 2.21. The molecule has 0 aliphatic heterocycles. The molecule has 8 heteroatoms. The molecular formula is C17H14FN5O2. The number of aromatic nitrogens is 2. The molecule has 0 unspecified atom stereocenters. The molecule has 25 heavy (non-hydrogen) atoms. The molecule has 2 aromatic carbocycles. The molecule has 1 heterocycles. The average molecular weight is 339 g/mol. The summed E-state index contributed by atoms with van der Waals surface area (Å²) in [7, 11) is 0. The summed E-state index contributed by atoms with van der Waals surface area (Å²) < 4.78 is 14.0. The van der Waals surface area contributed by atoms with E-state index in [4.69, 9.17) is 5.73 Å². The number of nitrogens with two attached hydrogens (primary N) is 1. The third-order valence-electron chi connectivity index (χ3n) is 3.34. The Morgan fingerprint density at radius 2 is 1.80 bits per heavy atom. The monoisotopic (exact) mass is 339 g/mol. The minimum Gasteiger partial charge on any atom is -0.398 e. The number of carbonyl (C=O) groups is 1. The highest BCUT2D eigenvalue weighted by atomic mass is 19.1. The van der Waals surface area contributed by atoms with Gasteiger partial charge in [0, 0.05) is 11.4 Å². The van der Waals surface area contributed by atoms with Crippen molar-refractivity contribution in [2.24, 2.45) is 0 Å². The van der Waals surface area contributed by atoms with E-state index in [9.17, 15) is 14.4 Å². The van der Waals surface area contributed by atoms with Crippen LogP contribution >= 0.6 is 0 Å². The minimum atomic E-state index is -0.955. The fraction of sp³-hybridized carbons (Fsp3) is 0. The molecule has 3 aromatic rings. The number of carbonyl (C=O) groups excluding carboxylic acids is 1. The summed E-state index contributed by atoms with van der Waals surface area (Å²) in [6, 6.07) is 15.1. The molecule has 0 saturated carbocycles. The van der Waals surface area contributed by atoms with Crippen molar-refractivity contribution in [2.45, 2.75) is 0 Å². The summed E-state index contributed by atoms with van der Waals surface area (Å²) >= 11 is 0. The fourth-order valence-electron chi connectivity index (χ4n) is 2.12. The van der Waals surface area contributed by atoms with Crippen LogP contribution in [0.25, 0.3) is 0 Å². The Labute approximate surface area is 142 Å². The zero-order valence-electron chi connectivity index (χ0n) is 12.9. The van der Waals surface area contributed by atoms with E-state index in [1.807, 2.05) is 6.07 Å². The van der Waals surface area contributed by atoms with E-state index in [0.717, 1.165) is 6.20 Å². The molecule has 7 nitrogen and oxygen atoms in total. The molecule has 1 aromatic heterocycles. The van der Waals surface area contributed by atoms with E-state index >= 15 is 0 Å². The highest BCUT2D eigenvalue weighted by Gasteiger charge is 2.23. The van der Waals surface area contributed by atoms with Crippen LogP contribution in [0.2, 0.25) is 0 Å². The molecule has 126 valence electrons. The first-order valence-electron chi connectivity index (χ1n) is 7.28. The summed E-state index contributed by atoms with van der Waals surface area (Å²) in [6.07, 6.45) is 0.860. The number of hydrogen-bond donors (Lipinski definition) is 3. The number of nitrogen functional groups attached to an aromatic ring is 1. The first-order chi connectivity index (χ1) is 12.1. The van der Waals surface area contributed by atoms with Gasteiger partial charge < -0.3 is 11.1 Å². The summed E-state index contributed by atoms with van der Waals surface area (Å²) in [5, 5.41) is 13.1. The highest BCUT2D eigenvalue weighted by molar-refractivity contribution is 6.07. The van der Waals surface area contributed by atoms with Gasteiger partial charge >= 0.3 is 0 Å². The number of nitrogens with one attached hydrogen (secondary N) is 1. The zero-order chi connectivity index (χ0) is 17.8. The molecule has 0 spiro atoms. The molecule has 3 rings (SSSR count). The second kappa shape index (κ2) is 6.93. The second-order valence-corrected chi connectivity index (χ2v) is 5.06. The Balaban J connectivity index is 1.89. The van der Waals surface area contributed by atoms with Crippen LogP contribution in [0, 0.1) is 5.82 Å². The van der Waals surface area contributed by atoms with E-state index in [1.54, 1.807) is 36.4 Å². The number of rotatable bonds is 4. The van der Waals surface area contributed by atoms with Crippen LogP contribution in [-0.4, -0.2) is 21.1 Å². The van der Waals surface area contributed by atoms with Gasteiger partial charge in [-0.3, -0.25) is 10.0 Å². The summed E-state index contributed by atoms with van der Waals surface area (Å²) in [4.78, 5) is 20.0. The summed E-state index contributed by atoms with van der Waals surface area (Å²) in [6.45, 7) is 0. The van der Waals surface area contributed by atoms with Crippen LogP contribution in [0.3, 0.4) is 0 Å². The van der Waals surface area contributed by atoms with Crippen molar-refractivity contribution in [1.29, 1.82) is 0 Å². The van der Waals surface area contributed by atoms with E-state index in [1.165, 1.54) is 12.1 Å². The van der Waals surface area contributed by atoms with Crippen molar-refractivity contribution in [1.82, 2.24) is 9.97 Å². The molecule has 0 fully saturated rings. The van der Waals surface area contributed by atoms with Gasteiger partial charge in [0.05, 0.1) is 11.8 Å². The lowest BCUT2D eigenvalue weighted by Gasteiger charge is -2.16. The number of hydroxylamine groups is 1. The zero-order valence-corrected chi connectivity index (χ0v) is 12.9. The molecule has 0 atom stereocenters. The van der Waals surface area contributed by atoms with Crippen molar-refractivity contribution in [2.75, 3.05) is 16.1 Å². The predicted octanol–water partition coefficient (Wildman–Crippen LogP) is 2.98. The van der Waals surface area contributed by atoms with Gasteiger partial charge in [0.2, 0.25) is 11.8 Å². The molecule has 0 aliphatic rings. The van der Waals surface area contributed by atoms with Crippen molar-refractivity contribution < 1.29 is 14.4 Å². The van der Waals surface area contributed by atoms with Crippen molar-refractivity contribution in [3.63, 3.8) is 0 Å². The lowest BCUT2D eigenvalue weighted by Crippen LogP contribution is -2.29. The maximum Gasteiger partial charge on any atom is 0.285 e. The van der Waals surface area contributed by atoms with Gasteiger partial charge in [0.15, 0.2) is 5.82 Å². The number of para-hydroxylation sites is 2. The normalized spacial score (nSPS) is 10.3. The van der Waals surface area contributed by atoms with Crippen LogP contribution < -0.4 is 16.1 Å². The summed E-state index contributed by atoms with van der Waals surface area (Å²) in [5.74, 6) is -2.41. The largest absolute Gasteiger partial charge is 0.398 e. The molecular weight excluding hydrogens is 325 g/mol. The van der Waals surface area contributed by atoms with Gasteiger partial charge in [0.25, 0.3) is 5.91 Å². The van der Waals surface area contributed by atoms with Crippen molar-refractivity contribution in [3.05, 3.63) is 72.2 Å². The van der Waals surface area contributed by atoms with Gasteiger partial charge in [-0.25, -0.2) is 9.37 Å². The van der Waals surface area contributed by atoms with Crippen LogP contribution in [0.5, 0.6) is 0 Å². The summed E-state index contributed by atoms with van der Waals surface area (Å²) in [5.41, 5.74) is 6.56. The number of nitrogens with zero attached hydrogens (tertiary/aromatic N) is 3. The van der Waals surface area contributed by atoms with Gasteiger partial charge in [0.1, 0.15) is 0 Å². The van der Waals surface area contributed by atoms with Crippen molar-refractivity contribution in [3.8, 4) is 0 Å². The molecule has 0 radical (unpaired) electrons. The Bertz CT molecular complexity index is 905. The maximum atomic E-state index is 14.0. The van der Waals surface area contributed by atoms with E-state index in [0.29, 0.717) is 5.69 Å². The van der Waals surface area contributed by atoms with Gasteiger partial charge in [-0.2, -0.15) is 10.0 Å². The topological polar surface area (TPSA) is 104 Å². The number of hydrogen-bond acceptors (Lipinski definition) is 6. The first-order valence-corrected chi connectivity index (χ1v) is 7.28. The molecule has 0 aliphatic carbocycles. The van der Waals surface area contributed by atoms with E-state index in [-0.39, 0.29) is 22.3 Å². The Hall–Kier alpha value is -3.52. The van der Waals surface area contributed by atoms with Crippen molar-refractivity contribution >= 4 is 29.0 Å². The standard InChI is InChI=1S/C17H14FN5O2/c18-13-10-20-17(21-11-6-2-1-3-7-11)22-15(13)23(25)16(24)12-8-4-5-9-14(12)19/h1-10,25H,19H2,(H,20,21,22). The maximum absolute atomic E-state index is 14.0. The van der Waals surface area contributed by atoms with E-state index in [2.05, 4.69) is 15.3 Å². The number of anilines is 4. The third-order valence-corrected chi connectivity index (χ3v) is 3.34. The molecule has 4 N–H and O–H groups in total. The fourth-order valence-corrected chi connectivity index (χ4v) is 2.12. The van der Waals surface area contributed by atoms with Crippen LogP contribution in [0.1, 0.15) is 10.4 Å². The lowest BCUT2D eigenvalue weighted by molar-refractivity contribution is 0.0849. The van der Waals surface area contributed by atoms with E-state index < -0.39 is 17.5 Å².